The highest BCUT2D eigenvalue weighted by Gasteiger charge is 2.22. The number of hydrogen-bond acceptors (Lipinski definition) is 7. The van der Waals surface area contributed by atoms with Crippen molar-refractivity contribution in [2.45, 2.75) is 33.7 Å². The van der Waals surface area contributed by atoms with Crippen LogP contribution in [0.4, 0.5) is 8.78 Å². The van der Waals surface area contributed by atoms with Gasteiger partial charge in [-0.25, -0.2) is 18.6 Å². The van der Waals surface area contributed by atoms with E-state index in [2.05, 4.69) is 9.97 Å². The molecule has 0 atom stereocenters. The number of aromatic carboxylic acids is 1. The number of carboxylic acid groups (broad SMARTS) is 1. The van der Waals surface area contributed by atoms with Gasteiger partial charge in [0.05, 0.1) is 38.8 Å². The molecule has 5 rings (SSSR count). The number of hydrogen-bond donors (Lipinski definition) is 1. The first-order valence-electron chi connectivity index (χ1n) is 12.3. The van der Waals surface area contributed by atoms with Crippen molar-refractivity contribution in [2.75, 3.05) is 6.61 Å². The van der Waals surface area contributed by atoms with Crippen molar-refractivity contribution >= 4 is 50.0 Å². The number of benzene rings is 2. The fraction of sp³-hybridized carbons (Fsp3) is 0.207. The van der Waals surface area contributed by atoms with Crippen LogP contribution in [0.2, 0.25) is 5.02 Å². The van der Waals surface area contributed by atoms with Crippen LogP contribution in [0.3, 0.4) is 0 Å². The zero-order chi connectivity index (χ0) is 29.6. The van der Waals surface area contributed by atoms with E-state index in [9.17, 15) is 28.7 Å². The van der Waals surface area contributed by atoms with E-state index in [0.717, 1.165) is 6.07 Å². The first-order valence-corrected chi connectivity index (χ1v) is 13.5. The number of ether oxygens (including phenoxy) is 1. The van der Waals surface area contributed by atoms with Gasteiger partial charge in [0.1, 0.15) is 24.3 Å². The van der Waals surface area contributed by atoms with E-state index in [-0.39, 0.29) is 52.1 Å². The second-order valence-corrected chi connectivity index (χ2v) is 10.6. The van der Waals surface area contributed by atoms with E-state index in [1.54, 1.807) is 32.0 Å². The highest BCUT2D eigenvalue weighted by atomic mass is 35.5. The molecule has 0 aliphatic carbocycles. The SMILES string of the molecule is Cc1cc(-c2cc(Cl)ccc2OCCn2c(C)nc3cc(C(F)F)c(C)c(C#N)c3c2=O)c2scc(C(=O)O)c2n1. The van der Waals surface area contributed by atoms with Crippen molar-refractivity contribution in [1.82, 2.24) is 14.5 Å². The summed E-state index contributed by atoms with van der Waals surface area (Å²) >= 11 is 7.57. The lowest BCUT2D eigenvalue weighted by atomic mass is 9.99. The van der Waals surface area contributed by atoms with E-state index in [1.807, 2.05) is 12.1 Å². The molecule has 41 heavy (non-hydrogen) atoms. The highest BCUT2D eigenvalue weighted by Crippen LogP contribution is 2.40. The summed E-state index contributed by atoms with van der Waals surface area (Å²) in [5, 5.41) is 21.2. The van der Waals surface area contributed by atoms with Crippen LogP contribution < -0.4 is 10.3 Å². The number of nitrogens with zero attached hydrogens (tertiary/aromatic N) is 4. The fourth-order valence-electron chi connectivity index (χ4n) is 4.81. The van der Waals surface area contributed by atoms with E-state index in [1.165, 1.54) is 28.2 Å². The zero-order valence-corrected chi connectivity index (χ0v) is 23.5. The largest absolute Gasteiger partial charge is 0.491 e. The Hall–Kier alpha value is -4.40. The summed E-state index contributed by atoms with van der Waals surface area (Å²) in [6, 6.07) is 9.92. The Balaban J connectivity index is 1.52. The van der Waals surface area contributed by atoms with Gasteiger partial charge in [0.2, 0.25) is 0 Å². The molecule has 0 bridgehead atoms. The number of fused-ring (bicyclic) bond motifs is 2. The van der Waals surface area contributed by atoms with Gasteiger partial charge in [-0.2, -0.15) is 5.26 Å². The average Bonchev–Trinajstić information content (AvgIpc) is 3.34. The Bertz CT molecular complexity index is 1980. The molecule has 1 N–H and O–H groups in total. The summed E-state index contributed by atoms with van der Waals surface area (Å²) < 4.78 is 35.2. The number of alkyl halides is 2. The van der Waals surface area contributed by atoms with E-state index in [4.69, 9.17) is 16.3 Å². The van der Waals surface area contributed by atoms with Crippen molar-refractivity contribution in [3.8, 4) is 22.9 Å². The molecule has 0 spiro atoms. The van der Waals surface area contributed by atoms with Gasteiger partial charge >= 0.3 is 5.97 Å². The summed E-state index contributed by atoms with van der Waals surface area (Å²) in [7, 11) is 0. The van der Waals surface area contributed by atoms with Gasteiger partial charge in [-0.3, -0.25) is 14.3 Å². The van der Waals surface area contributed by atoms with Gasteiger partial charge < -0.3 is 9.84 Å². The molecule has 0 radical (unpaired) electrons. The monoisotopic (exact) mass is 594 g/mol. The summed E-state index contributed by atoms with van der Waals surface area (Å²) in [4.78, 5) is 33.9. The Kier molecular flexibility index (Phi) is 7.46. The molecule has 8 nitrogen and oxygen atoms in total. The summed E-state index contributed by atoms with van der Waals surface area (Å²) in [6.45, 7) is 4.81. The molecule has 12 heteroatoms. The minimum atomic E-state index is -2.81. The van der Waals surface area contributed by atoms with Crippen LogP contribution in [0.1, 0.15) is 45.0 Å². The molecule has 0 fully saturated rings. The summed E-state index contributed by atoms with van der Waals surface area (Å²) in [6.07, 6.45) is -2.81. The molecule has 2 aromatic carbocycles. The number of rotatable bonds is 7. The second-order valence-electron chi connectivity index (χ2n) is 9.32. The maximum atomic E-state index is 13.5. The second kappa shape index (κ2) is 10.9. The number of carboxylic acids is 1. The number of aromatic nitrogens is 3. The molecule has 208 valence electrons. The lowest BCUT2D eigenvalue weighted by Gasteiger charge is -2.16. The molecule has 3 aromatic heterocycles. The first-order chi connectivity index (χ1) is 19.5. The van der Waals surface area contributed by atoms with Crippen LogP contribution >= 0.6 is 22.9 Å². The van der Waals surface area contributed by atoms with Crippen molar-refractivity contribution in [3.63, 3.8) is 0 Å². The minimum Gasteiger partial charge on any atom is -0.491 e. The molecule has 0 amide bonds. The van der Waals surface area contributed by atoms with E-state index in [0.29, 0.717) is 37.8 Å². The highest BCUT2D eigenvalue weighted by molar-refractivity contribution is 7.18. The topological polar surface area (TPSA) is 118 Å². The van der Waals surface area contributed by atoms with Gasteiger partial charge in [0.25, 0.3) is 12.0 Å². The third kappa shape index (κ3) is 5.01. The quantitative estimate of drug-likeness (QED) is 0.219. The third-order valence-electron chi connectivity index (χ3n) is 6.77. The maximum Gasteiger partial charge on any atom is 0.338 e. The summed E-state index contributed by atoms with van der Waals surface area (Å²) in [5.74, 6) is -0.351. The molecule has 5 aromatic rings. The Labute approximate surface area is 241 Å². The Morgan fingerprint density at radius 2 is 1.95 bits per heavy atom. The smallest absolute Gasteiger partial charge is 0.338 e. The molecule has 0 saturated heterocycles. The number of carbonyl (C=O) groups is 1. The standard InChI is InChI=1S/C29H21ClF2N4O4S/c1-13-8-19(26-25(34-13)21(12-41-26)29(38)39)18-9-16(30)4-5-23(18)40-7-6-36-15(3)35-22-10-17(27(31)32)14(2)20(11-33)24(22)28(36)37/h4-5,8-10,12,27H,6-7H2,1-3H3,(H,38,39). The number of aryl methyl sites for hydroxylation is 2. The number of pyridine rings is 1. The predicted octanol–water partition coefficient (Wildman–Crippen LogP) is 6.84. The van der Waals surface area contributed by atoms with Crippen molar-refractivity contribution in [2.24, 2.45) is 0 Å². The number of thiophene rings is 1. The third-order valence-corrected chi connectivity index (χ3v) is 8.01. The van der Waals surface area contributed by atoms with Crippen LogP contribution in [0.25, 0.3) is 32.2 Å². The van der Waals surface area contributed by atoms with Crippen molar-refractivity contribution in [3.05, 3.63) is 84.9 Å². The Morgan fingerprint density at radius 1 is 1.20 bits per heavy atom. The Morgan fingerprint density at radius 3 is 2.63 bits per heavy atom. The maximum absolute atomic E-state index is 13.5. The molecule has 0 saturated carbocycles. The van der Waals surface area contributed by atoms with Crippen LogP contribution in [0.5, 0.6) is 5.75 Å². The average molecular weight is 595 g/mol. The number of nitriles is 1. The van der Waals surface area contributed by atoms with Crippen molar-refractivity contribution in [1.29, 1.82) is 5.26 Å². The lowest BCUT2D eigenvalue weighted by molar-refractivity contribution is 0.0699. The zero-order valence-electron chi connectivity index (χ0n) is 22.0. The molecule has 0 aliphatic rings. The van der Waals surface area contributed by atoms with Crippen molar-refractivity contribution < 1.29 is 23.4 Å². The molecular weight excluding hydrogens is 574 g/mol. The molecular formula is C29H21ClF2N4O4S. The van der Waals surface area contributed by atoms with E-state index < -0.39 is 18.0 Å². The molecule has 0 unspecified atom stereocenters. The first kappa shape index (κ1) is 28.1. The number of halogens is 3. The van der Waals surface area contributed by atoms with Gasteiger partial charge in [-0.05, 0) is 56.7 Å². The normalized spacial score (nSPS) is 11.4. The predicted molar refractivity (Wildman–Crippen MR) is 152 cm³/mol. The fourth-order valence-corrected chi connectivity index (χ4v) is 6.00. The van der Waals surface area contributed by atoms with Gasteiger partial charge in [-0.1, -0.05) is 11.6 Å². The van der Waals surface area contributed by atoms with Crippen LogP contribution in [-0.4, -0.2) is 32.2 Å². The molecule has 0 aliphatic heterocycles. The minimum absolute atomic E-state index is 0.0197. The van der Waals surface area contributed by atoms with Crippen LogP contribution in [0.15, 0.2) is 40.5 Å². The van der Waals surface area contributed by atoms with E-state index >= 15 is 0 Å². The van der Waals surface area contributed by atoms with Gasteiger partial charge in [-0.15, -0.1) is 11.3 Å². The van der Waals surface area contributed by atoms with Gasteiger partial charge in [0.15, 0.2) is 0 Å². The lowest BCUT2D eigenvalue weighted by Crippen LogP contribution is -2.27. The molecule has 3 heterocycles. The summed E-state index contributed by atoms with van der Waals surface area (Å²) in [5.41, 5.74) is 1.50. The van der Waals surface area contributed by atoms with Crippen LogP contribution in [-0.2, 0) is 6.54 Å². The van der Waals surface area contributed by atoms with Crippen LogP contribution in [0, 0.1) is 32.1 Å². The van der Waals surface area contributed by atoms with Gasteiger partial charge in [0, 0.05) is 32.8 Å².